The van der Waals surface area contributed by atoms with E-state index < -0.39 is 5.97 Å². The summed E-state index contributed by atoms with van der Waals surface area (Å²) in [6, 6.07) is 21.6. The number of rotatable bonds is 4. The number of amides is 1. The Kier molecular flexibility index (Phi) is 5.23. The molecule has 0 bridgehead atoms. The van der Waals surface area contributed by atoms with Crippen LogP contribution in [0.25, 0.3) is 16.8 Å². The number of esters is 1. The Balaban J connectivity index is 1.89. The molecule has 1 aliphatic rings. The van der Waals surface area contributed by atoms with Crippen LogP contribution in [0.1, 0.15) is 25.0 Å². The van der Waals surface area contributed by atoms with Crippen molar-refractivity contribution in [3.63, 3.8) is 0 Å². The van der Waals surface area contributed by atoms with E-state index in [1.165, 1.54) is 0 Å². The number of ether oxygens (including phenoxy) is 1. The van der Waals surface area contributed by atoms with Crippen LogP contribution in [-0.2, 0) is 14.3 Å². The average Bonchev–Trinajstić information content (AvgIpc) is 2.99. The number of allylic oxidation sites excluding steroid dienone is 1. The van der Waals surface area contributed by atoms with Crippen LogP contribution in [0.4, 0.5) is 5.69 Å². The van der Waals surface area contributed by atoms with Gasteiger partial charge in [0.25, 0.3) is 5.91 Å². The molecule has 0 aromatic heterocycles. The summed E-state index contributed by atoms with van der Waals surface area (Å²) in [6.07, 6.45) is 1.80. The van der Waals surface area contributed by atoms with E-state index in [0.29, 0.717) is 16.8 Å². The lowest BCUT2D eigenvalue weighted by molar-refractivity contribution is -0.138. The first kappa shape index (κ1) is 19.6. The zero-order chi connectivity index (χ0) is 21.3. The van der Waals surface area contributed by atoms with Gasteiger partial charge in [-0.2, -0.15) is 0 Å². The molecule has 1 heterocycles. The summed E-state index contributed by atoms with van der Waals surface area (Å²) in [6.45, 7) is 5.79. The Morgan fingerprint density at radius 1 is 0.967 bits per heavy atom. The molecule has 150 valence electrons. The van der Waals surface area contributed by atoms with Crippen molar-refractivity contribution < 1.29 is 14.3 Å². The summed E-state index contributed by atoms with van der Waals surface area (Å²) < 4.78 is 5.29. The summed E-state index contributed by atoms with van der Waals surface area (Å²) in [5.74, 6) is -0.711. The minimum atomic E-state index is -0.482. The second-order valence-corrected chi connectivity index (χ2v) is 7.28. The molecule has 1 aliphatic heterocycles. The number of aryl methyl sites for hydroxylation is 1. The molecular formula is C26H23NO3. The van der Waals surface area contributed by atoms with Crippen LogP contribution in [0.3, 0.4) is 0 Å². The molecule has 3 aromatic carbocycles. The highest BCUT2D eigenvalue weighted by Gasteiger charge is 2.38. The summed E-state index contributed by atoms with van der Waals surface area (Å²) in [5, 5.41) is 2.10. The third kappa shape index (κ3) is 3.41. The normalized spacial score (nSPS) is 15.4. The van der Waals surface area contributed by atoms with Crippen molar-refractivity contribution in [1.82, 2.24) is 0 Å². The molecule has 3 aromatic rings. The van der Waals surface area contributed by atoms with Gasteiger partial charge in [0.05, 0.1) is 17.8 Å². The fraction of sp³-hybridized carbons (Fsp3) is 0.154. The third-order valence-corrected chi connectivity index (χ3v) is 5.29. The predicted molar refractivity (Wildman–Crippen MR) is 120 cm³/mol. The molecule has 0 aliphatic carbocycles. The van der Waals surface area contributed by atoms with Gasteiger partial charge >= 0.3 is 5.97 Å². The van der Waals surface area contributed by atoms with Gasteiger partial charge in [-0.25, -0.2) is 4.79 Å². The van der Waals surface area contributed by atoms with E-state index in [0.717, 1.165) is 27.6 Å². The number of anilines is 1. The molecule has 4 rings (SSSR count). The van der Waals surface area contributed by atoms with Crippen molar-refractivity contribution in [2.75, 3.05) is 11.5 Å². The minimum Gasteiger partial charge on any atom is -0.462 e. The molecule has 0 N–H and O–H groups in total. The van der Waals surface area contributed by atoms with Crippen molar-refractivity contribution >= 4 is 34.4 Å². The Morgan fingerprint density at radius 2 is 1.67 bits per heavy atom. The van der Waals surface area contributed by atoms with Gasteiger partial charge in [-0.05, 0) is 55.3 Å². The van der Waals surface area contributed by atoms with Crippen molar-refractivity contribution in [3.8, 4) is 0 Å². The van der Waals surface area contributed by atoms with Crippen LogP contribution in [0.5, 0.6) is 0 Å². The highest BCUT2D eigenvalue weighted by molar-refractivity contribution is 6.24. The van der Waals surface area contributed by atoms with Gasteiger partial charge in [-0.3, -0.25) is 9.69 Å². The standard InChI is InChI=1S/C26H23NO3/c1-4-30-26(29)24-18(3)27(21-14-12-17(2)13-15-21)25(28)23(24)16-20-10-7-9-19-8-5-6-11-22(19)20/h5-16H,4H2,1-3H3/b23-16-. The maximum atomic E-state index is 13.5. The molecule has 0 saturated carbocycles. The number of fused-ring (bicyclic) bond motifs is 1. The van der Waals surface area contributed by atoms with Crippen LogP contribution < -0.4 is 4.90 Å². The van der Waals surface area contributed by atoms with Gasteiger partial charge in [0.15, 0.2) is 0 Å². The van der Waals surface area contributed by atoms with Crippen LogP contribution in [-0.4, -0.2) is 18.5 Å². The van der Waals surface area contributed by atoms with Crippen molar-refractivity contribution in [2.45, 2.75) is 20.8 Å². The summed E-state index contributed by atoms with van der Waals surface area (Å²) in [5.41, 5.74) is 3.96. The molecule has 0 fully saturated rings. The smallest absolute Gasteiger partial charge is 0.340 e. The second-order valence-electron chi connectivity index (χ2n) is 7.28. The van der Waals surface area contributed by atoms with Crippen molar-refractivity contribution in [3.05, 3.63) is 94.7 Å². The molecule has 4 heteroatoms. The van der Waals surface area contributed by atoms with E-state index in [-0.39, 0.29) is 12.5 Å². The first-order valence-electron chi connectivity index (χ1n) is 10.00. The highest BCUT2D eigenvalue weighted by Crippen LogP contribution is 2.36. The second kappa shape index (κ2) is 7.99. The molecule has 0 unspecified atom stereocenters. The Labute approximate surface area is 176 Å². The monoisotopic (exact) mass is 397 g/mol. The minimum absolute atomic E-state index is 0.229. The Bertz CT molecular complexity index is 1200. The van der Waals surface area contributed by atoms with E-state index in [2.05, 4.69) is 0 Å². The molecule has 1 amide bonds. The molecule has 30 heavy (non-hydrogen) atoms. The lowest BCUT2D eigenvalue weighted by Gasteiger charge is -2.18. The lowest BCUT2D eigenvalue weighted by atomic mass is 9.99. The van der Waals surface area contributed by atoms with E-state index in [1.54, 1.807) is 24.8 Å². The molecular weight excluding hydrogens is 374 g/mol. The Morgan fingerprint density at radius 3 is 2.40 bits per heavy atom. The first-order valence-corrected chi connectivity index (χ1v) is 10.00. The van der Waals surface area contributed by atoms with E-state index in [4.69, 9.17) is 4.74 Å². The zero-order valence-corrected chi connectivity index (χ0v) is 17.3. The average molecular weight is 397 g/mol. The summed E-state index contributed by atoms with van der Waals surface area (Å²) in [4.78, 5) is 27.9. The van der Waals surface area contributed by atoms with Gasteiger partial charge in [0.1, 0.15) is 0 Å². The van der Waals surface area contributed by atoms with Gasteiger partial charge in [0.2, 0.25) is 0 Å². The third-order valence-electron chi connectivity index (χ3n) is 5.29. The molecule has 0 saturated heterocycles. The molecule has 0 spiro atoms. The number of carbonyl (C=O) groups is 2. The van der Waals surface area contributed by atoms with Crippen molar-refractivity contribution in [2.24, 2.45) is 0 Å². The molecule has 4 nitrogen and oxygen atoms in total. The number of benzene rings is 3. The lowest BCUT2D eigenvalue weighted by Crippen LogP contribution is -2.24. The first-order chi connectivity index (χ1) is 14.5. The maximum Gasteiger partial charge on any atom is 0.340 e. The molecule has 0 radical (unpaired) electrons. The fourth-order valence-corrected chi connectivity index (χ4v) is 3.82. The van der Waals surface area contributed by atoms with Gasteiger partial charge in [-0.1, -0.05) is 60.2 Å². The number of hydrogen-bond donors (Lipinski definition) is 0. The SMILES string of the molecule is CCOC(=O)C1=C(C)N(c2ccc(C)cc2)C(=O)/C1=C\c1cccc2ccccc12. The summed E-state index contributed by atoms with van der Waals surface area (Å²) in [7, 11) is 0. The quantitative estimate of drug-likeness (QED) is 0.436. The van der Waals surface area contributed by atoms with E-state index >= 15 is 0 Å². The van der Waals surface area contributed by atoms with Gasteiger partial charge < -0.3 is 4.74 Å². The topological polar surface area (TPSA) is 46.6 Å². The maximum absolute atomic E-state index is 13.5. The van der Waals surface area contributed by atoms with Crippen LogP contribution in [0.15, 0.2) is 83.6 Å². The largest absolute Gasteiger partial charge is 0.462 e. The fourth-order valence-electron chi connectivity index (χ4n) is 3.82. The number of nitrogens with zero attached hydrogens (tertiary/aromatic N) is 1. The Hall–Kier alpha value is -3.66. The van der Waals surface area contributed by atoms with Crippen molar-refractivity contribution in [1.29, 1.82) is 0 Å². The van der Waals surface area contributed by atoms with Crippen LogP contribution in [0, 0.1) is 6.92 Å². The number of hydrogen-bond acceptors (Lipinski definition) is 3. The zero-order valence-electron chi connectivity index (χ0n) is 17.3. The number of carbonyl (C=O) groups excluding carboxylic acids is 2. The summed E-state index contributed by atoms with van der Waals surface area (Å²) >= 11 is 0. The van der Waals surface area contributed by atoms with Gasteiger partial charge in [0, 0.05) is 11.4 Å². The van der Waals surface area contributed by atoms with Crippen LogP contribution >= 0.6 is 0 Å². The van der Waals surface area contributed by atoms with E-state index in [9.17, 15) is 9.59 Å². The van der Waals surface area contributed by atoms with E-state index in [1.807, 2.05) is 73.7 Å². The predicted octanol–water partition coefficient (Wildman–Crippen LogP) is 5.42. The molecule has 0 atom stereocenters. The highest BCUT2D eigenvalue weighted by atomic mass is 16.5. The van der Waals surface area contributed by atoms with Crippen LogP contribution in [0.2, 0.25) is 0 Å². The van der Waals surface area contributed by atoms with Gasteiger partial charge in [-0.15, -0.1) is 0 Å².